The van der Waals surface area contributed by atoms with Crippen molar-refractivity contribution in [3.63, 3.8) is 0 Å². The number of hydrogen-bond donors (Lipinski definition) is 0. The van der Waals surface area contributed by atoms with Crippen molar-refractivity contribution in [2.24, 2.45) is 0 Å². The number of hydrogen-bond acceptors (Lipinski definition) is 0. The van der Waals surface area contributed by atoms with Gasteiger partial charge in [-0.2, -0.15) is 4.39 Å². The van der Waals surface area contributed by atoms with Crippen LogP contribution in [0.3, 0.4) is 0 Å². The third-order valence-electron chi connectivity index (χ3n) is 0. The molecule has 0 heterocycles. The minimum atomic E-state index is -2.58. The van der Waals surface area contributed by atoms with Gasteiger partial charge in [0, 0.05) is 0 Å². The van der Waals surface area contributed by atoms with Gasteiger partial charge in [0.1, 0.15) is 0 Å². The standard InChI is InChI=1S/CCl3F.7CH4/c2-1(3,4)5;;;;;;;/h;7*1H4. The van der Waals surface area contributed by atoms with Crippen LogP contribution in [0.4, 0.5) is 4.39 Å². The van der Waals surface area contributed by atoms with E-state index in [1.54, 1.807) is 0 Å². The summed E-state index contributed by atoms with van der Waals surface area (Å²) in [5.74, 6) is 0. The Morgan fingerprint density at radius 3 is 0.583 bits per heavy atom. The molecule has 0 rings (SSSR count). The fraction of sp³-hybridized carbons (Fsp3) is 1.00. The third-order valence-corrected chi connectivity index (χ3v) is 0. The summed E-state index contributed by atoms with van der Waals surface area (Å²) in [4.78, 5) is 0. The first-order valence-electron chi connectivity index (χ1n) is 0.756. The molecule has 0 atom stereocenters. The summed E-state index contributed by atoms with van der Waals surface area (Å²) in [7, 11) is 0. The van der Waals surface area contributed by atoms with Crippen molar-refractivity contribution in [1.82, 2.24) is 0 Å². The zero-order valence-electron chi connectivity index (χ0n) is 2.01. The molecule has 0 saturated heterocycles. The largest absolute Gasteiger partial charge is 0.333 e. The van der Waals surface area contributed by atoms with Crippen molar-refractivity contribution in [2.75, 3.05) is 0 Å². The van der Waals surface area contributed by atoms with Crippen molar-refractivity contribution in [3.8, 4) is 0 Å². The third kappa shape index (κ3) is 1620. The topological polar surface area (TPSA) is 0 Å². The van der Waals surface area contributed by atoms with E-state index in [9.17, 15) is 4.39 Å². The molecule has 88 valence electrons. The molecule has 0 aromatic rings. The second-order valence-corrected chi connectivity index (χ2v) is 2.57. The van der Waals surface area contributed by atoms with E-state index in [1.807, 2.05) is 0 Å². The normalized spacial score (nSPS) is 5.00. The minimum Gasteiger partial charge on any atom is -0.189 e. The van der Waals surface area contributed by atoms with Crippen LogP contribution >= 0.6 is 34.8 Å². The highest BCUT2D eigenvalue weighted by Crippen LogP contribution is 2.26. The van der Waals surface area contributed by atoms with Crippen LogP contribution in [0.25, 0.3) is 0 Å². The molecule has 0 aliphatic rings. The van der Waals surface area contributed by atoms with Gasteiger partial charge in [0.05, 0.1) is 0 Å². The highest BCUT2D eigenvalue weighted by Gasteiger charge is 2.14. The SMILES string of the molecule is C.C.C.C.C.C.C.FC(Cl)(Cl)Cl. The smallest absolute Gasteiger partial charge is 0.189 e. The summed E-state index contributed by atoms with van der Waals surface area (Å²) < 4.78 is 8.40. The van der Waals surface area contributed by atoms with Gasteiger partial charge in [-0.3, -0.25) is 0 Å². The monoisotopic (exact) mass is 248 g/mol. The molecule has 0 saturated carbocycles. The van der Waals surface area contributed by atoms with Crippen molar-refractivity contribution in [3.05, 3.63) is 0 Å². The summed E-state index contributed by atoms with van der Waals surface area (Å²) in [5.41, 5.74) is 0. The lowest BCUT2D eigenvalue weighted by Gasteiger charge is -1.89. The molecule has 12 heavy (non-hydrogen) atoms. The second kappa shape index (κ2) is 29.8. The summed E-state index contributed by atoms with van der Waals surface area (Å²) in [6, 6.07) is 0. The van der Waals surface area contributed by atoms with E-state index in [0.29, 0.717) is 0 Å². The molecule has 0 aliphatic carbocycles. The fourth-order valence-corrected chi connectivity index (χ4v) is 0. The Labute approximate surface area is 95.4 Å². The first kappa shape index (κ1) is 77.4. The Morgan fingerprint density at radius 1 is 0.583 bits per heavy atom. The van der Waals surface area contributed by atoms with Crippen LogP contribution in [0.2, 0.25) is 0 Å². The Morgan fingerprint density at radius 2 is 0.583 bits per heavy atom. The van der Waals surface area contributed by atoms with Gasteiger partial charge >= 0.3 is 4.05 Å². The van der Waals surface area contributed by atoms with E-state index in [1.165, 1.54) is 0 Å². The molecule has 0 fully saturated rings. The molecule has 0 aromatic carbocycles. The van der Waals surface area contributed by atoms with Gasteiger partial charge in [-0.25, -0.2) is 0 Å². The first-order chi connectivity index (χ1) is 2.00. The quantitative estimate of drug-likeness (QED) is 0.417. The molecule has 0 aromatic heterocycles. The predicted molar refractivity (Wildman–Crippen MR) is 68.5 cm³/mol. The molecule has 0 N–H and O–H groups in total. The van der Waals surface area contributed by atoms with E-state index in [2.05, 4.69) is 34.8 Å². The Bertz CT molecular complexity index is 29.8. The number of alkyl halides is 4. The molecule has 0 nitrogen and oxygen atoms in total. The van der Waals surface area contributed by atoms with Crippen LogP contribution in [-0.4, -0.2) is 4.05 Å². The second-order valence-electron chi connectivity index (χ2n) is 0.429. The first-order valence-corrected chi connectivity index (χ1v) is 1.89. The fourth-order valence-electron chi connectivity index (χ4n) is 0. The summed E-state index contributed by atoms with van der Waals surface area (Å²) in [6.45, 7) is 0. The van der Waals surface area contributed by atoms with Gasteiger partial charge in [0.25, 0.3) is 0 Å². The van der Waals surface area contributed by atoms with Gasteiger partial charge in [-0.05, 0) is 34.8 Å². The molecule has 4 heteroatoms. The maximum absolute atomic E-state index is 11.0. The highest BCUT2D eigenvalue weighted by atomic mass is 35.6. The van der Waals surface area contributed by atoms with Crippen LogP contribution in [0.1, 0.15) is 52.0 Å². The lowest BCUT2D eigenvalue weighted by molar-refractivity contribution is 0.507. The van der Waals surface area contributed by atoms with Crippen LogP contribution in [0, 0.1) is 0 Å². The van der Waals surface area contributed by atoms with Crippen molar-refractivity contribution in [2.45, 2.75) is 56.0 Å². The zero-order chi connectivity index (χ0) is 4.50. The van der Waals surface area contributed by atoms with Gasteiger partial charge < -0.3 is 0 Å². The van der Waals surface area contributed by atoms with Crippen molar-refractivity contribution < 1.29 is 4.39 Å². The van der Waals surface area contributed by atoms with E-state index >= 15 is 0 Å². The van der Waals surface area contributed by atoms with Gasteiger partial charge in [0.15, 0.2) is 0 Å². The Balaban J connectivity index is -0.00000000381. The number of halogens is 4. The molecular weight excluding hydrogens is 221 g/mol. The van der Waals surface area contributed by atoms with E-state index in [0.717, 1.165) is 0 Å². The highest BCUT2D eigenvalue weighted by molar-refractivity contribution is 6.66. The maximum Gasteiger partial charge on any atom is 0.333 e. The van der Waals surface area contributed by atoms with Crippen LogP contribution < -0.4 is 0 Å². The van der Waals surface area contributed by atoms with Gasteiger partial charge in [-0.15, -0.1) is 0 Å². The van der Waals surface area contributed by atoms with Crippen LogP contribution in [0.5, 0.6) is 0 Å². The van der Waals surface area contributed by atoms with Crippen LogP contribution in [0.15, 0.2) is 0 Å². The summed E-state index contributed by atoms with van der Waals surface area (Å²) in [6.07, 6.45) is 0. The minimum absolute atomic E-state index is 0. The Hall–Kier alpha value is 0.800. The molecule has 0 radical (unpaired) electrons. The van der Waals surface area contributed by atoms with E-state index in [-0.39, 0.29) is 52.0 Å². The predicted octanol–water partition coefficient (Wildman–Crippen LogP) is 6.74. The average Bonchev–Trinajstić information content (AvgIpc) is 0.722. The average molecular weight is 250 g/mol. The lowest BCUT2D eigenvalue weighted by atomic mass is 11.7. The Kier molecular flexibility index (Phi) is 192. The summed E-state index contributed by atoms with van der Waals surface area (Å²) >= 11 is 13.2. The van der Waals surface area contributed by atoms with Crippen LogP contribution in [-0.2, 0) is 0 Å². The number of rotatable bonds is 0. The van der Waals surface area contributed by atoms with Crippen molar-refractivity contribution >= 4 is 34.8 Å². The zero-order valence-corrected chi connectivity index (χ0v) is 4.28. The molecule has 0 unspecified atom stereocenters. The molecule has 0 spiro atoms. The van der Waals surface area contributed by atoms with Gasteiger partial charge in [-0.1, -0.05) is 52.0 Å². The molecule has 0 aliphatic heterocycles. The molecule has 0 amide bonds. The van der Waals surface area contributed by atoms with E-state index in [4.69, 9.17) is 0 Å². The molecule has 0 bridgehead atoms. The lowest BCUT2D eigenvalue weighted by Crippen LogP contribution is -1.83. The van der Waals surface area contributed by atoms with Gasteiger partial charge in [0.2, 0.25) is 0 Å². The van der Waals surface area contributed by atoms with E-state index < -0.39 is 4.05 Å². The maximum atomic E-state index is 11.0. The van der Waals surface area contributed by atoms with Crippen molar-refractivity contribution in [1.29, 1.82) is 0 Å². The molecular formula is C8H28Cl3F. The summed E-state index contributed by atoms with van der Waals surface area (Å²) in [5, 5.41) is 0.